The molecule has 0 spiro atoms. The fraction of sp³-hybridized carbons (Fsp3) is 0.308. The van der Waals surface area contributed by atoms with E-state index in [-0.39, 0.29) is 5.41 Å². The zero-order valence-electron chi connectivity index (χ0n) is 9.16. The Balaban J connectivity index is 2.40. The highest BCUT2D eigenvalue weighted by Gasteiger charge is 2.37. The molecule has 0 fully saturated rings. The van der Waals surface area contributed by atoms with E-state index in [9.17, 15) is 0 Å². The van der Waals surface area contributed by atoms with Crippen LogP contribution in [0.15, 0.2) is 24.3 Å². The van der Waals surface area contributed by atoms with Gasteiger partial charge in [0.05, 0.1) is 10.7 Å². The van der Waals surface area contributed by atoms with Crippen LogP contribution in [-0.2, 0) is 5.41 Å². The van der Waals surface area contributed by atoms with Crippen LogP contribution in [-0.4, -0.2) is 4.98 Å². The van der Waals surface area contributed by atoms with Crippen LogP contribution in [0.5, 0.6) is 0 Å². The molecule has 2 heteroatoms. The van der Waals surface area contributed by atoms with Crippen LogP contribution in [0, 0.1) is 6.92 Å². The Morgan fingerprint density at radius 1 is 1.20 bits per heavy atom. The van der Waals surface area contributed by atoms with Gasteiger partial charge in [-0.15, -0.1) is 11.3 Å². The van der Waals surface area contributed by atoms with Crippen molar-refractivity contribution in [1.82, 2.24) is 4.98 Å². The third-order valence-corrected chi connectivity index (χ3v) is 4.45. The summed E-state index contributed by atoms with van der Waals surface area (Å²) < 4.78 is 0. The molecule has 15 heavy (non-hydrogen) atoms. The average Bonchev–Trinajstić information content (AvgIpc) is 2.68. The van der Waals surface area contributed by atoms with Gasteiger partial charge in [-0.2, -0.15) is 0 Å². The molecule has 0 radical (unpaired) electrons. The molecular formula is C13H13NS. The lowest BCUT2D eigenvalue weighted by atomic mass is 9.87. The van der Waals surface area contributed by atoms with Gasteiger partial charge < -0.3 is 0 Å². The predicted octanol–water partition coefficient (Wildman–Crippen LogP) is 3.76. The van der Waals surface area contributed by atoms with Crippen molar-refractivity contribution < 1.29 is 0 Å². The van der Waals surface area contributed by atoms with Crippen molar-refractivity contribution in [3.05, 3.63) is 39.7 Å². The number of hydrogen-bond acceptors (Lipinski definition) is 2. The Hall–Kier alpha value is -1.15. The van der Waals surface area contributed by atoms with Gasteiger partial charge in [-0.25, -0.2) is 4.98 Å². The summed E-state index contributed by atoms with van der Waals surface area (Å²) in [6.07, 6.45) is 0. The number of fused-ring (bicyclic) bond motifs is 3. The molecule has 0 saturated carbocycles. The number of rotatable bonds is 0. The highest BCUT2D eigenvalue weighted by molar-refractivity contribution is 7.12. The highest BCUT2D eigenvalue weighted by Crippen LogP contribution is 2.50. The number of hydrogen-bond donors (Lipinski definition) is 0. The SMILES string of the molecule is Cc1nc2c(s1)C(C)(C)c1ccccc1-2. The Morgan fingerprint density at radius 3 is 2.73 bits per heavy atom. The lowest BCUT2D eigenvalue weighted by Crippen LogP contribution is -2.13. The quantitative estimate of drug-likeness (QED) is 0.652. The summed E-state index contributed by atoms with van der Waals surface area (Å²) in [5, 5.41) is 1.17. The molecule has 0 saturated heterocycles. The second kappa shape index (κ2) is 2.70. The fourth-order valence-corrected chi connectivity index (χ4v) is 3.44. The normalized spacial score (nSPS) is 16.2. The minimum absolute atomic E-state index is 0.137. The summed E-state index contributed by atoms with van der Waals surface area (Å²) in [6.45, 7) is 6.66. The van der Waals surface area contributed by atoms with Crippen LogP contribution in [0.2, 0.25) is 0 Å². The van der Waals surface area contributed by atoms with Gasteiger partial charge in [-0.3, -0.25) is 0 Å². The third-order valence-electron chi connectivity index (χ3n) is 3.16. The smallest absolute Gasteiger partial charge is 0.0904 e. The van der Waals surface area contributed by atoms with Gasteiger partial charge in [0.25, 0.3) is 0 Å². The Morgan fingerprint density at radius 2 is 1.93 bits per heavy atom. The zero-order chi connectivity index (χ0) is 10.6. The van der Waals surface area contributed by atoms with Crippen molar-refractivity contribution in [1.29, 1.82) is 0 Å². The van der Waals surface area contributed by atoms with Crippen molar-refractivity contribution in [3.8, 4) is 11.3 Å². The zero-order valence-corrected chi connectivity index (χ0v) is 9.98. The van der Waals surface area contributed by atoms with Gasteiger partial charge in [0.1, 0.15) is 0 Å². The fourth-order valence-electron chi connectivity index (χ4n) is 2.39. The summed E-state index contributed by atoms with van der Waals surface area (Å²) in [6, 6.07) is 8.61. The van der Waals surface area contributed by atoms with Gasteiger partial charge in [-0.1, -0.05) is 38.1 Å². The number of aromatic nitrogens is 1. The first-order valence-electron chi connectivity index (χ1n) is 5.18. The van der Waals surface area contributed by atoms with E-state index in [2.05, 4.69) is 50.0 Å². The van der Waals surface area contributed by atoms with Gasteiger partial charge in [0.15, 0.2) is 0 Å². The Kier molecular flexibility index (Phi) is 1.64. The summed E-state index contributed by atoms with van der Waals surface area (Å²) >= 11 is 1.83. The number of aryl methyl sites for hydroxylation is 1. The van der Waals surface area contributed by atoms with Crippen LogP contribution < -0.4 is 0 Å². The maximum atomic E-state index is 4.65. The van der Waals surface area contributed by atoms with Gasteiger partial charge in [0, 0.05) is 15.9 Å². The average molecular weight is 215 g/mol. The molecule has 0 aliphatic heterocycles. The number of nitrogens with zero attached hydrogens (tertiary/aromatic N) is 1. The van der Waals surface area contributed by atoms with Crippen molar-refractivity contribution >= 4 is 11.3 Å². The van der Waals surface area contributed by atoms with Gasteiger partial charge in [0.2, 0.25) is 0 Å². The first-order chi connectivity index (χ1) is 7.10. The molecule has 1 aliphatic carbocycles. The molecule has 1 aliphatic rings. The molecule has 1 heterocycles. The first kappa shape index (κ1) is 9.10. The minimum atomic E-state index is 0.137. The summed E-state index contributed by atoms with van der Waals surface area (Å²) in [5.74, 6) is 0. The minimum Gasteiger partial charge on any atom is -0.241 e. The van der Waals surface area contributed by atoms with Crippen LogP contribution in [0.25, 0.3) is 11.3 Å². The largest absolute Gasteiger partial charge is 0.241 e. The van der Waals surface area contributed by atoms with E-state index in [1.807, 2.05) is 11.3 Å². The van der Waals surface area contributed by atoms with E-state index >= 15 is 0 Å². The molecule has 1 aromatic heterocycles. The molecule has 0 unspecified atom stereocenters. The molecule has 0 N–H and O–H groups in total. The maximum absolute atomic E-state index is 4.65. The molecule has 1 aromatic carbocycles. The van der Waals surface area contributed by atoms with Crippen LogP contribution >= 0.6 is 11.3 Å². The second-order valence-electron chi connectivity index (χ2n) is 4.58. The topological polar surface area (TPSA) is 12.9 Å². The number of benzene rings is 1. The van der Waals surface area contributed by atoms with E-state index in [0.717, 1.165) is 0 Å². The van der Waals surface area contributed by atoms with Crippen molar-refractivity contribution in [2.24, 2.45) is 0 Å². The van der Waals surface area contributed by atoms with Crippen molar-refractivity contribution in [2.75, 3.05) is 0 Å². The Bertz CT molecular complexity index is 537. The molecule has 3 rings (SSSR count). The molecule has 2 aromatic rings. The number of thiazole rings is 1. The summed E-state index contributed by atoms with van der Waals surface area (Å²) in [4.78, 5) is 6.06. The van der Waals surface area contributed by atoms with E-state index < -0.39 is 0 Å². The highest BCUT2D eigenvalue weighted by atomic mass is 32.1. The molecule has 0 atom stereocenters. The molecule has 76 valence electrons. The molecule has 0 bridgehead atoms. The van der Waals surface area contributed by atoms with Crippen LogP contribution in [0.3, 0.4) is 0 Å². The van der Waals surface area contributed by atoms with Gasteiger partial charge in [-0.05, 0) is 12.5 Å². The molecule has 1 nitrogen and oxygen atoms in total. The van der Waals surface area contributed by atoms with Crippen LogP contribution in [0.4, 0.5) is 0 Å². The molecule has 0 amide bonds. The second-order valence-corrected chi connectivity index (χ2v) is 5.78. The van der Waals surface area contributed by atoms with E-state index in [0.29, 0.717) is 0 Å². The predicted molar refractivity (Wildman–Crippen MR) is 64.4 cm³/mol. The van der Waals surface area contributed by atoms with E-state index in [1.165, 1.54) is 26.7 Å². The summed E-state index contributed by atoms with van der Waals surface area (Å²) in [7, 11) is 0. The van der Waals surface area contributed by atoms with E-state index in [1.54, 1.807) is 0 Å². The first-order valence-corrected chi connectivity index (χ1v) is 6.00. The van der Waals surface area contributed by atoms with Crippen LogP contribution in [0.1, 0.15) is 29.3 Å². The van der Waals surface area contributed by atoms with Crippen molar-refractivity contribution in [2.45, 2.75) is 26.2 Å². The van der Waals surface area contributed by atoms with Crippen molar-refractivity contribution in [3.63, 3.8) is 0 Å². The lowest BCUT2D eigenvalue weighted by Gasteiger charge is -2.19. The third kappa shape index (κ3) is 1.06. The molecular weight excluding hydrogens is 202 g/mol. The lowest BCUT2D eigenvalue weighted by molar-refractivity contribution is 0.674. The monoisotopic (exact) mass is 215 g/mol. The van der Waals surface area contributed by atoms with E-state index in [4.69, 9.17) is 0 Å². The Labute approximate surface area is 93.8 Å². The standard InChI is InChI=1S/C13H13NS/c1-8-14-11-9-6-4-5-7-10(9)13(2,3)12(11)15-8/h4-7H,1-3H3. The summed E-state index contributed by atoms with van der Waals surface area (Å²) in [5.41, 5.74) is 4.08. The van der Waals surface area contributed by atoms with Gasteiger partial charge >= 0.3 is 0 Å². The maximum Gasteiger partial charge on any atom is 0.0904 e.